The Morgan fingerprint density at radius 2 is 1.95 bits per heavy atom. The summed E-state index contributed by atoms with van der Waals surface area (Å²) in [6.45, 7) is 3.67. The van der Waals surface area contributed by atoms with Crippen LogP contribution in [0.2, 0.25) is 0 Å². The Labute approximate surface area is 128 Å². The molecule has 0 heterocycles. The fourth-order valence-electron chi connectivity index (χ4n) is 2.47. The molecule has 1 unspecified atom stereocenters. The maximum absolute atomic E-state index is 11.4. The summed E-state index contributed by atoms with van der Waals surface area (Å²) in [5, 5.41) is 13.7. The molecule has 0 aliphatic rings. The van der Waals surface area contributed by atoms with Gasteiger partial charge in [-0.05, 0) is 23.8 Å². The van der Waals surface area contributed by atoms with E-state index in [1.165, 1.54) is 6.92 Å². The van der Waals surface area contributed by atoms with E-state index in [1.807, 2.05) is 43.3 Å². The quantitative estimate of drug-likeness (QED) is 0.859. The van der Waals surface area contributed by atoms with Gasteiger partial charge in [0.25, 0.3) is 0 Å². The molecule has 0 saturated heterocycles. The van der Waals surface area contributed by atoms with E-state index in [0.29, 0.717) is 12.4 Å². The average Bonchev–Trinajstić information content (AvgIpc) is 2.48. The minimum absolute atomic E-state index is 0.172. The first kappa shape index (κ1) is 15.8. The molecule has 0 spiro atoms. The van der Waals surface area contributed by atoms with Crippen molar-refractivity contribution in [1.29, 1.82) is 0 Å². The van der Waals surface area contributed by atoms with E-state index in [2.05, 4.69) is 5.32 Å². The number of fused-ring (bicyclic) bond motifs is 1. The molecule has 0 aliphatic heterocycles. The summed E-state index contributed by atoms with van der Waals surface area (Å²) >= 11 is 0. The van der Waals surface area contributed by atoms with Crippen LogP contribution >= 0.6 is 0 Å². The van der Waals surface area contributed by atoms with Crippen LogP contribution in [0.1, 0.15) is 19.4 Å². The summed E-state index contributed by atoms with van der Waals surface area (Å²) in [5.74, 6) is -0.783. The van der Waals surface area contributed by atoms with Crippen LogP contribution in [0.3, 0.4) is 0 Å². The van der Waals surface area contributed by atoms with Gasteiger partial charge in [0.15, 0.2) is 0 Å². The van der Waals surface area contributed by atoms with Crippen molar-refractivity contribution in [3.63, 3.8) is 0 Å². The lowest BCUT2D eigenvalue weighted by atomic mass is 9.97. The van der Waals surface area contributed by atoms with E-state index in [9.17, 15) is 14.7 Å². The minimum atomic E-state index is -1.06. The molecule has 0 saturated carbocycles. The maximum atomic E-state index is 11.4. The molecule has 2 aromatic carbocycles. The lowest BCUT2D eigenvalue weighted by molar-refractivity contribution is -0.141. The van der Waals surface area contributed by atoms with Crippen LogP contribution in [0.4, 0.5) is 0 Å². The van der Waals surface area contributed by atoms with Gasteiger partial charge in [0.1, 0.15) is 11.8 Å². The van der Waals surface area contributed by atoms with Gasteiger partial charge in [0, 0.05) is 18.9 Å². The Hall–Kier alpha value is -2.56. The van der Waals surface area contributed by atoms with Gasteiger partial charge in [0.2, 0.25) is 5.91 Å². The van der Waals surface area contributed by atoms with Crippen LogP contribution in [0, 0.1) is 0 Å². The first-order valence-corrected chi connectivity index (χ1v) is 7.16. The monoisotopic (exact) mass is 301 g/mol. The van der Waals surface area contributed by atoms with Crippen LogP contribution in [0.5, 0.6) is 5.75 Å². The van der Waals surface area contributed by atoms with Crippen molar-refractivity contribution in [2.45, 2.75) is 26.3 Å². The first-order valence-electron chi connectivity index (χ1n) is 7.16. The first-order chi connectivity index (χ1) is 10.5. The second-order valence-electron chi connectivity index (χ2n) is 4.99. The molecule has 0 aliphatic carbocycles. The second kappa shape index (κ2) is 6.93. The van der Waals surface area contributed by atoms with E-state index < -0.39 is 12.0 Å². The minimum Gasteiger partial charge on any atom is -0.494 e. The van der Waals surface area contributed by atoms with Gasteiger partial charge in [0.05, 0.1) is 6.61 Å². The van der Waals surface area contributed by atoms with Gasteiger partial charge >= 0.3 is 5.97 Å². The van der Waals surface area contributed by atoms with Crippen LogP contribution in [-0.2, 0) is 16.0 Å². The molecule has 0 bridgehead atoms. The predicted octanol–water partition coefficient (Wildman–Crippen LogP) is 2.37. The van der Waals surface area contributed by atoms with Gasteiger partial charge < -0.3 is 15.2 Å². The molecule has 5 heteroatoms. The molecular weight excluding hydrogens is 282 g/mol. The summed E-state index contributed by atoms with van der Waals surface area (Å²) in [6.07, 6.45) is 0.172. The number of carboxylic acids is 1. The predicted molar refractivity (Wildman–Crippen MR) is 84.1 cm³/mol. The number of nitrogens with one attached hydrogen (secondary N) is 1. The third-order valence-corrected chi connectivity index (χ3v) is 3.38. The molecule has 2 N–H and O–H groups in total. The summed E-state index contributed by atoms with van der Waals surface area (Å²) in [7, 11) is 0. The fraction of sp³-hybridized carbons (Fsp3) is 0.294. The van der Waals surface area contributed by atoms with Crippen LogP contribution < -0.4 is 10.1 Å². The zero-order valence-electron chi connectivity index (χ0n) is 12.6. The number of rotatable bonds is 6. The Kier molecular flexibility index (Phi) is 4.99. The summed E-state index contributed by atoms with van der Waals surface area (Å²) < 4.78 is 5.63. The normalized spacial score (nSPS) is 11.9. The number of ether oxygens (including phenoxy) is 1. The SMILES string of the molecule is CCOc1ccc2ccccc2c1CC(NC(C)=O)C(=O)O. The molecule has 1 atom stereocenters. The number of carboxylic acid groups (broad SMARTS) is 1. The highest BCUT2D eigenvalue weighted by molar-refractivity contribution is 5.89. The van der Waals surface area contributed by atoms with Crippen molar-refractivity contribution < 1.29 is 19.4 Å². The van der Waals surface area contributed by atoms with Gasteiger partial charge in [-0.2, -0.15) is 0 Å². The maximum Gasteiger partial charge on any atom is 0.326 e. The average molecular weight is 301 g/mol. The van der Waals surface area contributed by atoms with Crippen LogP contribution in [-0.4, -0.2) is 29.6 Å². The highest BCUT2D eigenvalue weighted by Gasteiger charge is 2.22. The number of amides is 1. The molecule has 0 radical (unpaired) electrons. The lowest BCUT2D eigenvalue weighted by Gasteiger charge is -2.18. The molecule has 116 valence electrons. The molecule has 2 aromatic rings. The van der Waals surface area contributed by atoms with Gasteiger partial charge in [-0.15, -0.1) is 0 Å². The molecule has 1 amide bonds. The topological polar surface area (TPSA) is 75.6 Å². The zero-order chi connectivity index (χ0) is 16.1. The number of hydrogen-bond acceptors (Lipinski definition) is 3. The van der Waals surface area contributed by atoms with Crippen molar-refractivity contribution in [2.75, 3.05) is 6.61 Å². The van der Waals surface area contributed by atoms with Crippen molar-refractivity contribution in [3.8, 4) is 5.75 Å². The van der Waals surface area contributed by atoms with Crippen molar-refractivity contribution in [3.05, 3.63) is 42.0 Å². The van der Waals surface area contributed by atoms with Gasteiger partial charge in [-0.1, -0.05) is 30.3 Å². The number of aliphatic carboxylic acids is 1. The molecule has 2 rings (SSSR count). The van der Waals surface area contributed by atoms with E-state index in [1.54, 1.807) is 0 Å². The standard InChI is InChI=1S/C17H19NO4/c1-3-22-16-9-8-12-6-4-5-7-13(12)14(16)10-15(17(20)21)18-11(2)19/h4-9,15H,3,10H2,1-2H3,(H,18,19)(H,20,21). The van der Waals surface area contributed by atoms with Crippen molar-refractivity contribution >= 4 is 22.6 Å². The third kappa shape index (κ3) is 3.55. The van der Waals surface area contributed by atoms with Crippen molar-refractivity contribution in [2.24, 2.45) is 0 Å². The molecule has 0 aromatic heterocycles. The fourth-order valence-corrected chi connectivity index (χ4v) is 2.47. The Bertz CT molecular complexity index is 696. The smallest absolute Gasteiger partial charge is 0.326 e. The van der Waals surface area contributed by atoms with E-state index >= 15 is 0 Å². The summed E-state index contributed by atoms with van der Waals surface area (Å²) in [6, 6.07) is 10.5. The molecule has 22 heavy (non-hydrogen) atoms. The Morgan fingerprint density at radius 3 is 2.59 bits per heavy atom. The van der Waals surface area contributed by atoms with E-state index in [4.69, 9.17) is 4.74 Å². The Morgan fingerprint density at radius 1 is 1.23 bits per heavy atom. The van der Waals surface area contributed by atoms with Crippen LogP contribution in [0.25, 0.3) is 10.8 Å². The van der Waals surface area contributed by atoms with E-state index in [0.717, 1.165) is 16.3 Å². The molecule has 5 nitrogen and oxygen atoms in total. The largest absolute Gasteiger partial charge is 0.494 e. The number of hydrogen-bond donors (Lipinski definition) is 2. The highest BCUT2D eigenvalue weighted by atomic mass is 16.5. The number of carbonyl (C=O) groups is 2. The molecule has 0 fully saturated rings. The van der Waals surface area contributed by atoms with E-state index in [-0.39, 0.29) is 12.3 Å². The second-order valence-corrected chi connectivity index (χ2v) is 4.99. The lowest BCUT2D eigenvalue weighted by Crippen LogP contribution is -2.41. The van der Waals surface area contributed by atoms with Gasteiger partial charge in [-0.3, -0.25) is 4.79 Å². The summed E-state index contributed by atoms with van der Waals surface area (Å²) in [4.78, 5) is 22.6. The number of benzene rings is 2. The van der Waals surface area contributed by atoms with Gasteiger partial charge in [-0.25, -0.2) is 4.79 Å². The zero-order valence-corrected chi connectivity index (χ0v) is 12.6. The molecular formula is C17H19NO4. The Balaban J connectivity index is 2.48. The number of carbonyl (C=O) groups excluding carboxylic acids is 1. The van der Waals surface area contributed by atoms with Crippen molar-refractivity contribution in [1.82, 2.24) is 5.32 Å². The highest BCUT2D eigenvalue weighted by Crippen LogP contribution is 2.29. The third-order valence-electron chi connectivity index (χ3n) is 3.38. The van der Waals surface area contributed by atoms with Crippen LogP contribution in [0.15, 0.2) is 36.4 Å². The summed E-state index contributed by atoms with van der Waals surface area (Å²) in [5.41, 5.74) is 0.793.